The molecule has 0 unspecified atom stereocenters. The molecule has 1 saturated heterocycles. The maximum absolute atomic E-state index is 13.0. The van der Waals surface area contributed by atoms with Crippen molar-refractivity contribution in [2.75, 3.05) is 11.9 Å². The van der Waals surface area contributed by atoms with Gasteiger partial charge in [0.25, 0.3) is 0 Å². The summed E-state index contributed by atoms with van der Waals surface area (Å²) in [7, 11) is 0. The van der Waals surface area contributed by atoms with Crippen molar-refractivity contribution in [1.82, 2.24) is 9.88 Å². The molecule has 4 nitrogen and oxygen atoms in total. The zero-order valence-electron chi connectivity index (χ0n) is 11.4. The molecule has 0 radical (unpaired) electrons. The summed E-state index contributed by atoms with van der Waals surface area (Å²) in [5.41, 5.74) is 0. The lowest BCUT2D eigenvalue weighted by Gasteiger charge is -2.35. The summed E-state index contributed by atoms with van der Waals surface area (Å²) in [4.78, 5) is 18.0. The smallest absolute Gasteiger partial charge is 0.245 e. The highest BCUT2D eigenvalue weighted by atomic mass is 19.1. The molecule has 19 heavy (non-hydrogen) atoms. The summed E-state index contributed by atoms with van der Waals surface area (Å²) in [6.07, 6.45) is 3.29. The standard InChI is InChI=1S/C14H20FN3O/c1-10-6-3-4-9-18(10)14(19)11(2)16-13-8-5-7-12(15)17-13/h5,7-8,10-11H,3-4,6,9H2,1-2H3,(H,16,17)/t10-,11-/m0/s1. The second-order valence-corrected chi connectivity index (χ2v) is 5.09. The predicted octanol–water partition coefficient (Wildman–Crippen LogP) is 2.42. The highest BCUT2D eigenvalue weighted by Crippen LogP contribution is 2.18. The van der Waals surface area contributed by atoms with E-state index in [1.54, 1.807) is 19.1 Å². The lowest BCUT2D eigenvalue weighted by Crippen LogP contribution is -2.48. The van der Waals surface area contributed by atoms with Crippen LogP contribution in [0.4, 0.5) is 10.2 Å². The molecule has 0 spiro atoms. The Kier molecular flexibility index (Phi) is 4.35. The average Bonchev–Trinajstić information content (AvgIpc) is 2.38. The quantitative estimate of drug-likeness (QED) is 0.854. The summed E-state index contributed by atoms with van der Waals surface area (Å²) in [5, 5.41) is 2.96. The van der Waals surface area contributed by atoms with Crippen LogP contribution < -0.4 is 5.32 Å². The molecule has 0 aromatic carbocycles. The number of likely N-dealkylation sites (tertiary alicyclic amines) is 1. The number of hydrogen-bond donors (Lipinski definition) is 1. The molecule has 1 fully saturated rings. The third-order valence-electron chi connectivity index (χ3n) is 3.54. The first-order chi connectivity index (χ1) is 9.08. The van der Waals surface area contributed by atoms with E-state index in [9.17, 15) is 9.18 Å². The first kappa shape index (κ1) is 13.8. The first-order valence-corrected chi connectivity index (χ1v) is 6.77. The summed E-state index contributed by atoms with van der Waals surface area (Å²) in [6.45, 7) is 4.67. The fraction of sp³-hybridized carbons (Fsp3) is 0.571. The van der Waals surface area contributed by atoms with E-state index in [-0.39, 0.29) is 11.9 Å². The van der Waals surface area contributed by atoms with Crippen molar-refractivity contribution in [1.29, 1.82) is 0 Å². The summed E-state index contributed by atoms with van der Waals surface area (Å²) < 4.78 is 13.0. The molecule has 5 heteroatoms. The van der Waals surface area contributed by atoms with E-state index in [1.807, 2.05) is 4.90 Å². The highest BCUT2D eigenvalue weighted by Gasteiger charge is 2.26. The van der Waals surface area contributed by atoms with Crippen LogP contribution in [0.2, 0.25) is 0 Å². The lowest BCUT2D eigenvalue weighted by atomic mass is 10.0. The monoisotopic (exact) mass is 265 g/mol. The number of nitrogens with one attached hydrogen (secondary N) is 1. The normalized spacial score (nSPS) is 21.0. The maximum Gasteiger partial charge on any atom is 0.245 e. The summed E-state index contributed by atoms with van der Waals surface area (Å²) in [5.74, 6) is -0.0974. The van der Waals surface area contributed by atoms with Gasteiger partial charge in [-0.3, -0.25) is 4.79 Å². The van der Waals surface area contributed by atoms with E-state index in [0.29, 0.717) is 5.82 Å². The molecule has 0 saturated carbocycles. The van der Waals surface area contributed by atoms with Crippen molar-refractivity contribution in [3.8, 4) is 0 Å². The largest absolute Gasteiger partial charge is 0.359 e. The van der Waals surface area contributed by atoms with Gasteiger partial charge in [0.05, 0.1) is 0 Å². The third kappa shape index (κ3) is 3.43. The zero-order valence-corrected chi connectivity index (χ0v) is 11.4. The van der Waals surface area contributed by atoms with Crippen molar-refractivity contribution in [3.05, 3.63) is 24.1 Å². The Morgan fingerprint density at radius 2 is 2.32 bits per heavy atom. The van der Waals surface area contributed by atoms with Gasteiger partial charge in [0.2, 0.25) is 11.9 Å². The van der Waals surface area contributed by atoms with Gasteiger partial charge in [-0.2, -0.15) is 4.39 Å². The molecule has 1 amide bonds. The van der Waals surface area contributed by atoms with E-state index in [1.165, 1.54) is 12.5 Å². The van der Waals surface area contributed by atoms with E-state index < -0.39 is 12.0 Å². The Balaban J connectivity index is 1.99. The van der Waals surface area contributed by atoms with Gasteiger partial charge in [-0.1, -0.05) is 6.07 Å². The molecular formula is C14H20FN3O. The van der Waals surface area contributed by atoms with Crippen molar-refractivity contribution >= 4 is 11.7 Å². The number of halogens is 1. The number of amides is 1. The summed E-state index contributed by atoms with van der Waals surface area (Å²) >= 11 is 0. The van der Waals surface area contributed by atoms with Gasteiger partial charge < -0.3 is 10.2 Å². The average molecular weight is 265 g/mol. The highest BCUT2D eigenvalue weighted by molar-refractivity contribution is 5.84. The van der Waals surface area contributed by atoms with Gasteiger partial charge in [-0.25, -0.2) is 4.98 Å². The Morgan fingerprint density at radius 1 is 1.53 bits per heavy atom. The molecule has 0 aliphatic carbocycles. The number of pyridine rings is 1. The predicted molar refractivity (Wildman–Crippen MR) is 72.3 cm³/mol. The molecular weight excluding hydrogens is 245 g/mol. The number of carbonyl (C=O) groups excluding carboxylic acids is 1. The van der Waals surface area contributed by atoms with Crippen LogP contribution in [-0.4, -0.2) is 34.4 Å². The molecule has 1 aromatic rings. The zero-order chi connectivity index (χ0) is 13.8. The van der Waals surface area contributed by atoms with E-state index in [4.69, 9.17) is 0 Å². The van der Waals surface area contributed by atoms with E-state index in [2.05, 4.69) is 17.2 Å². The minimum atomic E-state index is -0.545. The van der Waals surface area contributed by atoms with Crippen LogP contribution in [0.1, 0.15) is 33.1 Å². The van der Waals surface area contributed by atoms with Gasteiger partial charge in [-0.05, 0) is 45.2 Å². The first-order valence-electron chi connectivity index (χ1n) is 6.77. The molecule has 2 rings (SSSR count). The molecule has 0 bridgehead atoms. The topological polar surface area (TPSA) is 45.2 Å². The second-order valence-electron chi connectivity index (χ2n) is 5.09. The van der Waals surface area contributed by atoms with Gasteiger partial charge in [0.1, 0.15) is 11.9 Å². The molecule has 1 N–H and O–H groups in total. The van der Waals surface area contributed by atoms with Crippen LogP contribution in [0.25, 0.3) is 0 Å². The minimum Gasteiger partial charge on any atom is -0.359 e. The van der Waals surface area contributed by atoms with Gasteiger partial charge >= 0.3 is 0 Å². The van der Waals surface area contributed by atoms with Crippen molar-refractivity contribution in [3.63, 3.8) is 0 Å². The fourth-order valence-corrected chi connectivity index (χ4v) is 2.45. The Labute approximate surface area is 113 Å². The van der Waals surface area contributed by atoms with Gasteiger partial charge in [0.15, 0.2) is 0 Å². The fourth-order valence-electron chi connectivity index (χ4n) is 2.45. The maximum atomic E-state index is 13.0. The Bertz CT molecular complexity index is 452. The minimum absolute atomic E-state index is 0.0539. The number of piperidine rings is 1. The van der Waals surface area contributed by atoms with E-state index >= 15 is 0 Å². The van der Waals surface area contributed by atoms with Crippen molar-refractivity contribution in [2.45, 2.75) is 45.2 Å². The van der Waals surface area contributed by atoms with Crippen LogP contribution in [0.3, 0.4) is 0 Å². The number of rotatable bonds is 3. The number of nitrogens with zero attached hydrogens (tertiary/aromatic N) is 2. The van der Waals surface area contributed by atoms with Crippen LogP contribution in [-0.2, 0) is 4.79 Å². The summed E-state index contributed by atoms with van der Waals surface area (Å²) in [6, 6.07) is 4.41. The van der Waals surface area contributed by atoms with Crippen LogP contribution in [0.15, 0.2) is 18.2 Å². The third-order valence-corrected chi connectivity index (χ3v) is 3.54. The Hall–Kier alpha value is -1.65. The number of hydrogen-bond acceptors (Lipinski definition) is 3. The Morgan fingerprint density at radius 3 is 3.00 bits per heavy atom. The van der Waals surface area contributed by atoms with Crippen LogP contribution in [0.5, 0.6) is 0 Å². The molecule has 1 aliphatic rings. The van der Waals surface area contributed by atoms with Gasteiger partial charge in [0, 0.05) is 12.6 Å². The molecule has 1 aromatic heterocycles. The molecule has 2 heterocycles. The van der Waals surface area contributed by atoms with Crippen molar-refractivity contribution < 1.29 is 9.18 Å². The van der Waals surface area contributed by atoms with Crippen molar-refractivity contribution in [2.24, 2.45) is 0 Å². The number of aromatic nitrogens is 1. The number of carbonyl (C=O) groups is 1. The van der Waals surface area contributed by atoms with Crippen LogP contribution in [0, 0.1) is 5.95 Å². The lowest BCUT2D eigenvalue weighted by molar-refractivity contribution is -0.134. The second kappa shape index (κ2) is 5.99. The molecule has 104 valence electrons. The SMILES string of the molecule is C[C@H](Nc1cccc(F)n1)C(=O)N1CCCC[C@@H]1C. The van der Waals surface area contributed by atoms with E-state index in [0.717, 1.165) is 19.4 Å². The molecule has 1 aliphatic heterocycles. The molecule has 2 atom stereocenters. The number of anilines is 1. The van der Waals surface area contributed by atoms with Crippen LogP contribution >= 0.6 is 0 Å². The van der Waals surface area contributed by atoms with Gasteiger partial charge in [-0.15, -0.1) is 0 Å².